The molecule has 1 aromatic heterocycles. The first-order valence-electron chi connectivity index (χ1n) is 11.5. The first-order chi connectivity index (χ1) is 17.6. The highest BCUT2D eigenvalue weighted by Crippen LogP contribution is 2.43. The maximum Gasteiger partial charge on any atom is 0.306 e. The van der Waals surface area contributed by atoms with Gasteiger partial charge in [-0.3, -0.25) is 9.59 Å². The molecule has 10 heteroatoms. The predicted molar refractivity (Wildman–Crippen MR) is 135 cm³/mol. The van der Waals surface area contributed by atoms with E-state index >= 15 is 0 Å². The summed E-state index contributed by atoms with van der Waals surface area (Å²) in [4.78, 5) is 26.1. The summed E-state index contributed by atoms with van der Waals surface area (Å²) in [5.74, 6) is -1.23. The lowest BCUT2D eigenvalue weighted by molar-refractivity contribution is -0.140. The Morgan fingerprint density at radius 1 is 0.892 bits per heavy atom. The molecular weight excluding hydrogens is 482 g/mol. The SMILES string of the molecule is COC(=O)CC(c1cc(OC)c(OC)c(OC)c1)c1c(O)cc(C)n(CCc2ccc(O)c(O)c2)c1=O. The Bertz CT molecular complexity index is 1320. The average Bonchev–Trinajstić information content (AvgIpc) is 2.88. The molecule has 37 heavy (non-hydrogen) atoms. The zero-order valence-corrected chi connectivity index (χ0v) is 21.4. The summed E-state index contributed by atoms with van der Waals surface area (Å²) < 4.78 is 22.6. The van der Waals surface area contributed by atoms with Crippen molar-refractivity contribution in [2.75, 3.05) is 28.4 Å². The molecule has 0 radical (unpaired) electrons. The van der Waals surface area contributed by atoms with Gasteiger partial charge >= 0.3 is 5.97 Å². The van der Waals surface area contributed by atoms with Gasteiger partial charge in [0.05, 0.1) is 40.4 Å². The molecule has 198 valence electrons. The number of carbonyl (C=O) groups excluding carboxylic acids is 1. The summed E-state index contributed by atoms with van der Waals surface area (Å²) in [7, 11) is 5.61. The van der Waals surface area contributed by atoms with Crippen molar-refractivity contribution in [2.24, 2.45) is 0 Å². The van der Waals surface area contributed by atoms with Crippen LogP contribution in [0.2, 0.25) is 0 Å². The van der Waals surface area contributed by atoms with Crippen molar-refractivity contribution in [3.8, 4) is 34.5 Å². The van der Waals surface area contributed by atoms with Gasteiger partial charge < -0.3 is 38.8 Å². The zero-order chi connectivity index (χ0) is 27.3. The number of pyridine rings is 1. The Kier molecular flexibility index (Phi) is 8.54. The van der Waals surface area contributed by atoms with Crippen molar-refractivity contribution >= 4 is 5.97 Å². The van der Waals surface area contributed by atoms with Crippen molar-refractivity contribution in [1.29, 1.82) is 0 Å². The van der Waals surface area contributed by atoms with E-state index in [1.54, 1.807) is 25.1 Å². The van der Waals surface area contributed by atoms with Gasteiger partial charge in [0.2, 0.25) is 5.75 Å². The molecule has 1 unspecified atom stereocenters. The van der Waals surface area contributed by atoms with Crippen LogP contribution in [0.25, 0.3) is 0 Å². The van der Waals surface area contributed by atoms with Gasteiger partial charge in [0, 0.05) is 18.2 Å². The van der Waals surface area contributed by atoms with E-state index in [4.69, 9.17) is 18.9 Å². The first-order valence-corrected chi connectivity index (χ1v) is 11.5. The van der Waals surface area contributed by atoms with Crippen molar-refractivity contribution in [2.45, 2.75) is 32.2 Å². The Labute approximate surface area is 214 Å². The number of hydrogen-bond donors (Lipinski definition) is 3. The molecule has 3 rings (SSSR count). The Morgan fingerprint density at radius 3 is 2.08 bits per heavy atom. The minimum absolute atomic E-state index is 0.0128. The van der Waals surface area contributed by atoms with Crippen LogP contribution < -0.4 is 19.8 Å². The molecular formula is C27H31NO9. The van der Waals surface area contributed by atoms with Gasteiger partial charge in [0.25, 0.3) is 5.56 Å². The van der Waals surface area contributed by atoms with Crippen LogP contribution in [0, 0.1) is 6.92 Å². The zero-order valence-electron chi connectivity index (χ0n) is 21.4. The molecule has 1 heterocycles. The highest BCUT2D eigenvalue weighted by atomic mass is 16.5. The van der Waals surface area contributed by atoms with E-state index in [1.165, 1.54) is 51.2 Å². The maximum atomic E-state index is 13.7. The first kappa shape index (κ1) is 27.3. The molecule has 0 amide bonds. The fraction of sp³-hybridized carbons (Fsp3) is 0.333. The monoisotopic (exact) mass is 513 g/mol. The van der Waals surface area contributed by atoms with E-state index < -0.39 is 17.4 Å². The summed E-state index contributed by atoms with van der Waals surface area (Å²) in [6.45, 7) is 1.91. The normalized spacial score (nSPS) is 11.6. The standard InChI is InChI=1S/C27H31NO9/c1-15-10-21(31)25(27(33)28(15)9-8-16-6-7-19(29)20(30)11-16)18(14-24(32)36-4)17-12-22(34-2)26(37-5)23(13-17)35-3/h6-7,10-13,18,29-31H,8-9,14H2,1-5H3. The molecule has 2 aromatic carbocycles. The lowest BCUT2D eigenvalue weighted by atomic mass is 9.87. The van der Waals surface area contributed by atoms with Crippen LogP contribution in [0.1, 0.15) is 34.7 Å². The number of phenolic OH excluding ortho intramolecular Hbond substituents is 2. The molecule has 0 aliphatic rings. The summed E-state index contributed by atoms with van der Waals surface area (Å²) in [5, 5.41) is 30.3. The molecule has 10 nitrogen and oxygen atoms in total. The molecule has 3 N–H and O–H groups in total. The molecule has 0 aliphatic heterocycles. The lowest BCUT2D eigenvalue weighted by Gasteiger charge is -2.22. The molecule has 0 spiro atoms. The minimum atomic E-state index is -0.891. The molecule has 0 fully saturated rings. The third kappa shape index (κ3) is 5.74. The number of nitrogens with zero attached hydrogens (tertiary/aromatic N) is 1. The van der Waals surface area contributed by atoms with Gasteiger partial charge in [-0.1, -0.05) is 6.07 Å². The van der Waals surface area contributed by atoms with Crippen molar-refractivity contribution in [3.63, 3.8) is 0 Å². The van der Waals surface area contributed by atoms with E-state index in [0.717, 1.165) is 0 Å². The Morgan fingerprint density at radius 2 is 1.54 bits per heavy atom. The summed E-state index contributed by atoms with van der Waals surface area (Å²) >= 11 is 0. The van der Waals surface area contributed by atoms with E-state index in [0.29, 0.717) is 40.5 Å². The van der Waals surface area contributed by atoms with Gasteiger partial charge in [-0.05, 0) is 54.8 Å². The molecule has 0 saturated carbocycles. The van der Waals surface area contributed by atoms with Gasteiger partial charge in [-0.2, -0.15) is 0 Å². The van der Waals surface area contributed by atoms with Gasteiger partial charge in [0.15, 0.2) is 23.0 Å². The van der Waals surface area contributed by atoms with E-state index in [1.807, 2.05) is 0 Å². The summed E-state index contributed by atoms with van der Waals surface area (Å²) in [6, 6.07) is 9.15. The average molecular weight is 514 g/mol. The molecule has 0 saturated heterocycles. The van der Waals surface area contributed by atoms with Crippen LogP contribution in [0.4, 0.5) is 0 Å². The molecule has 0 aliphatic carbocycles. The number of methoxy groups -OCH3 is 4. The topological polar surface area (TPSA) is 137 Å². The number of aryl methyl sites for hydroxylation is 2. The fourth-order valence-corrected chi connectivity index (χ4v) is 4.28. The van der Waals surface area contributed by atoms with Crippen LogP contribution in [0.5, 0.6) is 34.5 Å². The van der Waals surface area contributed by atoms with Crippen LogP contribution in [-0.4, -0.2) is 54.3 Å². The second-order valence-electron chi connectivity index (χ2n) is 8.41. The van der Waals surface area contributed by atoms with E-state index in [9.17, 15) is 24.9 Å². The number of phenols is 2. The third-order valence-electron chi connectivity index (χ3n) is 6.22. The largest absolute Gasteiger partial charge is 0.507 e. The lowest BCUT2D eigenvalue weighted by Crippen LogP contribution is -2.29. The van der Waals surface area contributed by atoms with Crippen molar-refractivity contribution < 1.29 is 39.1 Å². The fourth-order valence-electron chi connectivity index (χ4n) is 4.28. The minimum Gasteiger partial charge on any atom is -0.507 e. The molecule has 3 aromatic rings. The molecule has 1 atom stereocenters. The van der Waals surface area contributed by atoms with E-state index in [-0.39, 0.29) is 35.8 Å². The number of aromatic nitrogens is 1. The second kappa shape index (κ2) is 11.6. The van der Waals surface area contributed by atoms with Gasteiger partial charge in [0.1, 0.15) is 5.75 Å². The smallest absolute Gasteiger partial charge is 0.306 e. The van der Waals surface area contributed by atoms with Crippen LogP contribution in [0.3, 0.4) is 0 Å². The number of rotatable bonds is 10. The number of hydrogen-bond acceptors (Lipinski definition) is 9. The number of carbonyl (C=O) groups is 1. The van der Waals surface area contributed by atoms with Gasteiger partial charge in [-0.25, -0.2) is 0 Å². The quantitative estimate of drug-likeness (QED) is 0.276. The number of ether oxygens (including phenoxy) is 4. The highest BCUT2D eigenvalue weighted by molar-refractivity contribution is 5.72. The highest BCUT2D eigenvalue weighted by Gasteiger charge is 2.29. The summed E-state index contributed by atoms with van der Waals surface area (Å²) in [6.07, 6.45) is 0.136. The number of esters is 1. The van der Waals surface area contributed by atoms with Crippen LogP contribution >= 0.6 is 0 Å². The Balaban J connectivity index is 2.14. The van der Waals surface area contributed by atoms with Crippen molar-refractivity contribution in [3.05, 3.63) is 69.1 Å². The van der Waals surface area contributed by atoms with Gasteiger partial charge in [-0.15, -0.1) is 0 Å². The Hall–Kier alpha value is -4.34. The maximum absolute atomic E-state index is 13.7. The third-order valence-corrected chi connectivity index (χ3v) is 6.22. The summed E-state index contributed by atoms with van der Waals surface area (Å²) in [5.41, 5.74) is 1.22. The predicted octanol–water partition coefficient (Wildman–Crippen LogP) is 3.24. The molecule has 0 bridgehead atoms. The van der Waals surface area contributed by atoms with Crippen LogP contribution in [0.15, 0.2) is 41.2 Å². The second-order valence-corrected chi connectivity index (χ2v) is 8.41. The van der Waals surface area contributed by atoms with E-state index in [2.05, 4.69) is 0 Å². The number of aromatic hydroxyl groups is 3. The number of benzene rings is 2. The van der Waals surface area contributed by atoms with Crippen LogP contribution in [-0.2, 0) is 22.5 Å². The van der Waals surface area contributed by atoms with Crippen molar-refractivity contribution in [1.82, 2.24) is 4.57 Å².